The zero-order chi connectivity index (χ0) is 25.2. The molecule has 8 heteroatoms. The predicted molar refractivity (Wildman–Crippen MR) is 132 cm³/mol. The van der Waals surface area contributed by atoms with Crippen LogP contribution >= 0.6 is 0 Å². The van der Waals surface area contributed by atoms with Gasteiger partial charge in [0.15, 0.2) is 5.78 Å². The predicted octanol–water partition coefficient (Wildman–Crippen LogP) is 5.04. The topological polar surface area (TPSA) is 84.9 Å². The molecule has 0 aromatic heterocycles. The zero-order valence-corrected chi connectivity index (χ0v) is 22.3. The number of benzene rings is 1. The molecule has 0 radical (unpaired) electrons. The highest BCUT2D eigenvalue weighted by molar-refractivity contribution is 6.88. The first-order valence-corrected chi connectivity index (χ1v) is 14.8. The molecular formula is C25H38N2O5Si. The van der Waals surface area contributed by atoms with Gasteiger partial charge in [-0.1, -0.05) is 61.2 Å². The number of hydrazine groups is 1. The number of Topliss-reactive ketones (excluding diaryl/α,β-unsaturated/α-hetero) is 1. The normalized spacial score (nSPS) is 18.6. The van der Waals surface area contributed by atoms with Crippen LogP contribution < -0.4 is 10.6 Å². The number of ketones is 1. The monoisotopic (exact) mass is 474 g/mol. The Morgan fingerprint density at radius 1 is 1.00 bits per heavy atom. The van der Waals surface area contributed by atoms with E-state index in [4.69, 9.17) is 9.47 Å². The lowest BCUT2D eigenvalue weighted by molar-refractivity contribution is -0.0120. The van der Waals surface area contributed by atoms with Crippen LogP contribution in [0.3, 0.4) is 0 Å². The van der Waals surface area contributed by atoms with E-state index in [-0.39, 0.29) is 5.78 Å². The standard InChI is InChI=1S/C25H38N2O5Si/c1-24(2,3)31-22(29)26-27(23(30)32-25(4,5)6)20-15-11-14-19(20)21(28)17-12-10-13-18(16-17)33(7,8)9/h10-14,16,19-20H,15H2,1-9H3,(H,26,29)/t19-,20-/m0/s1. The van der Waals surface area contributed by atoms with Gasteiger partial charge in [0.25, 0.3) is 0 Å². The van der Waals surface area contributed by atoms with Crippen LogP contribution in [-0.2, 0) is 9.47 Å². The summed E-state index contributed by atoms with van der Waals surface area (Å²) in [6.07, 6.45) is 2.52. The second-order valence-electron chi connectivity index (χ2n) is 11.4. The second kappa shape index (κ2) is 9.71. The summed E-state index contributed by atoms with van der Waals surface area (Å²) in [7, 11) is -1.61. The van der Waals surface area contributed by atoms with Crippen molar-refractivity contribution in [1.29, 1.82) is 0 Å². The van der Waals surface area contributed by atoms with E-state index in [2.05, 4.69) is 31.1 Å². The van der Waals surface area contributed by atoms with Gasteiger partial charge in [-0.25, -0.2) is 20.0 Å². The van der Waals surface area contributed by atoms with Crippen LogP contribution in [0.4, 0.5) is 9.59 Å². The van der Waals surface area contributed by atoms with Gasteiger partial charge in [-0.3, -0.25) is 4.79 Å². The van der Waals surface area contributed by atoms with Gasteiger partial charge in [0, 0.05) is 5.56 Å². The van der Waals surface area contributed by atoms with E-state index in [0.717, 1.165) is 5.01 Å². The van der Waals surface area contributed by atoms with Crippen molar-refractivity contribution >= 4 is 31.2 Å². The zero-order valence-electron chi connectivity index (χ0n) is 21.3. The van der Waals surface area contributed by atoms with Gasteiger partial charge in [0.05, 0.1) is 20.0 Å². The van der Waals surface area contributed by atoms with Gasteiger partial charge in [-0.2, -0.15) is 0 Å². The smallest absolute Gasteiger partial charge is 0.429 e. The number of carbonyl (C=O) groups is 3. The molecule has 0 spiro atoms. The molecule has 7 nitrogen and oxygen atoms in total. The van der Waals surface area contributed by atoms with E-state index < -0.39 is 43.4 Å². The number of hydrogen-bond donors (Lipinski definition) is 1. The van der Waals surface area contributed by atoms with Crippen molar-refractivity contribution < 1.29 is 23.9 Å². The van der Waals surface area contributed by atoms with Crippen molar-refractivity contribution in [2.75, 3.05) is 0 Å². The lowest BCUT2D eigenvalue weighted by Gasteiger charge is -2.34. The first-order chi connectivity index (χ1) is 15.0. The molecule has 0 saturated carbocycles. The molecule has 0 heterocycles. The van der Waals surface area contributed by atoms with E-state index in [0.29, 0.717) is 12.0 Å². The Bertz CT molecular complexity index is 922. The molecule has 1 aliphatic carbocycles. The van der Waals surface area contributed by atoms with Crippen LogP contribution in [0.1, 0.15) is 58.3 Å². The Balaban J connectivity index is 2.35. The van der Waals surface area contributed by atoms with Crippen LogP contribution in [0.2, 0.25) is 19.6 Å². The average Bonchev–Trinajstić information content (AvgIpc) is 3.11. The molecule has 0 saturated heterocycles. The quantitative estimate of drug-likeness (QED) is 0.286. The Labute approximate surface area is 198 Å². The third kappa shape index (κ3) is 7.73. The summed E-state index contributed by atoms with van der Waals surface area (Å²) in [5.74, 6) is -0.724. The molecule has 1 aromatic carbocycles. The third-order valence-corrected chi connectivity index (χ3v) is 7.03. The summed E-state index contributed by atoms with van der Waals surface area (Å²) >= 11 is 0. The minimum Gasteiger partial charge on any atom is -0.443 e. The molecule has 2 rings (SSSR count). The average molecular weight is 475 g/mol. The molecule has 0 fully saturated rings. The summed E-state index contributed by atoms with van der Waals surface area (Å²) < 4.78 is 10.9. The van der Waals surface area contributed by atoms with E-state index in [1.807, 2.05) is 18.2 Å². The number of nitrogens with one attached hydrogen (secondary N) is 1. The molecule has 0 unspecified atom stereocenters. The Morgan fingerprint density at radius 2 is 1.61 bits per heavy atom. The van der Waals surface area contributed by atoms with E-state index >= 15 is 0 Å². The fraction of sp³-hybridized carbons (Fsp3) is 0.560. The summed E-state index contributed by atoms with van der Waals surface area (Å²) in [5.41, 5.74) is 1.60. The SMILES string of the molecule is CC(C)(C)OC(=O)NN(C(=O)OC(C)(C)C)[C@H]1CC=C[C@@H]1C(=O)c1cccc([Si](C)(C)C)c1. The van der Waals surface area contributed by atoms with Crippen LogP contribution in [0, 0.1) is 5.92 Å². The van der Waals surface area contributed by atoms with Crippen LogP contribution in [0.15, 0.2) is 36.4 Å². The lowest BCUT2D eigenvalue weighted by atomic mass is 9.93. The van der Waals surface area contributed by atoms with Gasteiger partial charge in [-0.15, -0.1) is 0 Å². The van der Waals surface area contributed by atoms with Crippen molar-refractivity contribution in [1.82, 2.24) is 10.4 Å². The number of ether oxygens (including phenoxy) is 2. The third-order valence-electron chi connectivity index (χ3n) is 4.98. The van der Waals surface area contributed by atoms with Crippen molar-refractivity contribution in [3.63, 3.8) is 0 Å². The maximum atomic E-state index is 13.5. The molecule has 0 bridgehead atoms. The second-order valence-corrected chi connectivity index (χ2v) is 16.5. The number of hydrogen-bond acceptors (Lipinski definition) is 5. The minimum absolute atomic E-state index is 0.103. The molecule has 1 N–H and O–H groups in total. The summed E-state index contributed by atoms with van der Waals surface area (Å²) in [6, 6.07) is 7.09. The first kappa shape index (κ1) is 26.6. The molecule has 182 valence electrons. The first-order valence-electron chi connectivity index (χ1n) is 11.3. The van der Waals surface area contributed by atoms with E-state index in [1.165, 1.54) is 5.19 Å². The van der Waals surface area contributed by atoms with Crippen molar-refractivity contribution in [2.24, 2.45) is 5.92 Å². The Hall–Kier alpha value is -2.61. The van der Waals surface area contributed by atoms with Crippen molar-refractivity contribution in [3.8, 4) is 0 Å². The summed E-state index contributed by atoms with van der Waals surface area (Å²) in [5, 5.41) is 2.28. The fourth-order valence-electron chi connectivity index (χ4n) is 3.47. The van der Waals surface area contributed by atoms with E-state index in [9.17, 15) is 14.4 Å². The molecule has 1 aliphatic rings. The van der Waals surface area contributed by atoms with E-state index in [1.54, 1.807) is 53.7 Å². The molecule has 1 aromatic rings. The summed E-state index contributed by atoms with van der Waals surface area (Å²) in [6.45, 7) is 17.1. The van der Waals surface area contributed by atoms with Gasteiger partial charge < -0.3 is 9.47 Å². The van der Waals surface area contributed by atoms with Crippen molar-refractivity contribution in [2.45, 2.75) is 84.8 Å². The molecule has 33 heavy (non-hydrogen) atoms. The molecule has 2 atom stereocenters. The van der Waals surface area contributed by atoms with Crippen LogP contribution in [0.25, 0.3) is 0 Å². The maximum absolute atomic E-state index is 13.5. The van der Waals surface area contributed by atoms with Crippen molar-refractivity contribution in [3.05, 3.63) is 42.0 Å². The fourth-order valence-corrected chi connectivity index (χ4v) is 4.66. The van der Waals surface area contributed by atoms with Gasteiger partial charge in [-0.05, 0) is 48.0 Å². The summed E-state index contributed by atoms with van der Waals surface area (Å²) in [4.78, 5) is 39.1. The van der Waals surface area contributed by atoms with Gasteiger partial charge in [0.1, 0.15) is 11.2 Å². The van der Waals surface area contributed by atoms with Gasteiger partial charge in [0.2, 0.25) is 0 Å². The molecule has 0 aliphatic heterocycles. The number of nitrogens with zero attached hydrogens (tertiary/aromatic N) is 1. The maximum Gasteiger partial charge on any atom is 0.429 e. The number of amides is 2. The largest absolute Gasteiger partial charge is 0.443 e. The highest BCUT2D eigenvalue weighted by Gasteiger charge is 2.40. The Morgan fingerprint density at radius 3 is 2.15 bits per heavy atom. The van der Waals surface area contributed by atoms with Crippen LogP contribution in [-0.4, -0.2) is 48.3 Å². The van der Waals surface area contributed by atoms with Crippen LogP contribution in [0.5, 0.6) is 0 Å². The number of carbonyl (C=O) groups excluding carboxylic acids is 3. The molecular weight excluding hydrogens is 436 g/mol. The highest BCUT2D eigenvalue weighted by atomic mass is 28.3. The Kier molecular flexibility index (Phi) is 7.84. The lowest BCUT2D eigenvalue weighted by Crippen LogP contribution is -2.56. The minimum atomic E-state index is -1.61. The van der Waals surface area contributed by atoms with Gasteiger partial charge >= 0.3 is 12.2 Å². The molecule has 2 amide bonds. The number of rotatable bonds is 4. The highest BCUT2D eigenvalue weighted by Crippen LogP contribution is 2.28.